The van der Waals surface area contributed by atoms with Crippen molar-refractivity contribution in [1.82, 2.24) is 0 Å². The molecule has 0 spiro atoms. The number of phenolic OH excluding ortho intramolecular Hbond substituents is 1. The molecule has 0 unspecified atom stereocenters. The maximum Gasteiger partial charge on any atom is 0.314 e. The highest BCUT2D eigenvalue weighted by atomic mass is 79.9. The van der Waals surface area contributed by atoms with Crippen LogP contribution in [0.4, 0.5) is 4.39 Å². The number of rotatable bonds is 2. The predicted octanol–water partition coefficient (Wildman–Crippen LogP) is 2.80. The number of carboxylic acids is 1. The molecule has 16 heavy (non-hydrogen) atoms. The summed E-state index contributed by atoms with van der Waals surface area (Å²) in [6.07, 6.45) is 1.65. The van der Waals surface area contributed by atoms with E-state index in [0.29, 0.717) is 12.8 Å². The summed E-state index contributed by atoms with van der Waals surface area (Å²) in [5.74, 6) is -1.73. The monoisotopic (exact) mass is 288 g/mol. The number of hydrogen-bond donors (Lipinski definition) is 2. The summed E-state index contributed by atoms with van der Waals surface area (Å²) in [5, 5.41) is 19.0. The van der Waals surface area contributed by atoms with E-state index < -0.39 is 17.2 Å². The Morgan fingerprint density at radius 3 is 2.50 bits per heavy atom. The Balaban J connectivity index is 2.59. The molecule has 5 heteroatoms. The minimum absolute atomic E-state index is 0.165. The molecule has 1 saturated carbocycles. The van der Waals surface area contributed by atoms with Gasteiger partial charge in [-0.05, 0) is 40.9 Å². The molecule has 0 heterocycles. The first-order valence-corrected chi connectivity index (χ1v) is 5.68. The van der Waals surface area contributed by atoms with Crippen LogP contribution in [-0.4, -0.2) is 16.2 Å². The molecule has 1 aromatic rings. The lowest BCUT2D eigenvalue weighted by Gasteiger charge is -2.38. The second kappa shape index (κ2) is 3.73. The Morgan fingerprint density at radius 2 is 2.06 bits per heavy atom. The maximum absolute atomic E-state index is 13.2. The zero-order valence-electron chi connectivity index (χ0n) is 8.33. The van der Waals surface area contributed by atoms with Crippen molar-refractivity contribution in [2.24, 2.45) is 0 Å². The normalized spacial score (nSPS) is 17.9. The molecule has 1 aliphatic rings. The van der Waals surface area contributed by atoms with Crippen LogP contribution < -0.4 is 0 Å². The van der Waals surface area contributed by atoms with Crippen LogP contribution in [0.3, 0.4) is 0 Å². The smallest absolute Gasteiger partial charge is 0.314 e. The lowest BCUT2D eigenvalue weighted by atomic mass is 9.64. The number of aromatic hydroxyl groups is 1. The fraction of sp³-hybridized carbons (Fsp3) is 0.364. The minimum Gasteiger partial charge on any atom is -0.506 e. The molecule has 2 rings (SSSR count). The molecule has 1 fully saturated rings. The van der Waals surface area contributed by atoms with Gasteiger partial charge in [0.2, 0.25) is 0 Å². The molecule has 0 atom stereocenters. The molecule has 0 radical (unpaired) electrons. The molecular weight excluding hydrogens is 279 g/mol. The van der Waals surface area contributed by atoms with Crippen molar-refractivity contribution < 1.29 is 19.4 Å². The highest BCUT2D eigenvalue weighted by Crippen LogP contribution is 2.48. The molecule has 0 aliphatic heterocycles. The molecular formula is C11H10BrFO3. The molecule has 3 nitrogen and oxygen atoms in total. The summed E-state index contributed by atoms with van der Waals surface area (Å²) in [6.45, 7) is 0. The highest BCUT2D eigenvalue weighted by molar-refractivity contribution is 9.10. The van der Waals surface area contributed by atoms with Gasteiger partial charge in [0.05, 0.1) is 9.89 Å². The van der Waals surface area contributed by atoms with Crippen molar-refractivity contribution in [2.45, 2.75) is 24.7 Å². The van der Waals surface area contributed by atoms with Crippen molar-refractivity contribution in [3.8, 4) is 5.75 Å². The molecule has 1 aromatic carbocycles. The molecule has 86 valence electrons. The average Bonchev–Trinajstić information content (AvgIpc) is 2.10. The van der Waals surface area contributed by atoms with E-state index in [4.69, 9.17) is 0 Å². The van der Waals surface area contributed by atoms with Gasteiger partial charge in [-0.25, -0.2) is 4.39 Å². The van der Waals surface area contributed by atoms with Gasteiger partial charge in [0, 0.05) is 5.56 Å². The van der Waals surface area contributed by atoms with Crippen LogP contribution in [0.2, 0.25) is 0 Å². The summed E-state index contributed by atoms with van der Waals surface area (Å²) in [5.41, 5.74) is -0.951. The van der Waals surface area contributed by atoms with Crippen LogP contribution in [0.15, 0.2) is 16.6 Å². The third kappa shape index (κ3) is 1.50. The van der Waals surface area contributed by atoms with Gasteiger partial charge < -0.3 is 10.2 Å². The van der Waals surface area contributed by atoms with Crippen LogP contribution >= 0.6 is 15.9 Å². The fourth-order valence-corrected chi connectivity index (χ4v) is 2.49. The highest BCUT2D eigenvalue weighted by Gasteiger charge is 2.48. The first-order chi connectivity index (χ1) is 7.47. The van der Waals surface area contributed by atoms with Crippen molar-refractivity contribution in [3.05, 3.63) is 28.0 Å². The number of aliphatic carboxylic acids is 1. The van der Waals surface area contributed by atoms with Crippen LogP contribution in [0.1, 0.15) is 24.8 Å². The Labute approximate surface area is 100 Å². The summed E-state index contributed by atoms with van der Waals surface area (Å²) >= 11 is 3.01. The van der Waals surface area contributed by atoms with E-state index >= 15 is 0 Å². The van der Waals surface area contributed by atoms with Gasteiger partial charge in [-0.3, -0.25) is 4.79 Å². The van der Waals surface area contributed by atoms with Crippen molar-refractivity contribution >= 4 is 21.9 Å². The van der Waals surface area contributed by atoms with E-state index in [1.54, 1.807) is 0 Å². The molecule has 0 aromatic heterocycles. The second-order valence-corrected chi connectivity index (χ2v) is 4.88. The van der Waals surface area contributed by atoms with Crippen molar-refractivity contribution in [1.29, 1.82) is 0 Å². The number of halogens is 2. The fourth-order valence-electron chi connectivity index (χ4n) is 2.06. The number of hydrogen-bond acceptors (Lipinski definition) is 2. The zero-order chi connectivity index (χ0) is 11.9. The third-order valence-electron chi connectivity index (χ3n) is 3.16. The first-order valence-electron chi connectivity index (χ1n) is 4.89. The topological polar surface area (TPSA) is 57.5 Å². The average molecular weight is 289 g/mol. The lowest BCUT2D eigenvalue weighted by Crippen LogP contribution is -2.42. The molecule has 0 amide bonds. The van der Waals surface area contributed by atoms with E-state index in [-0.39, 0.29) is 15.8 Å². The van der Waals surface area contributed by atoms with Crippen LogP contribution in [0.5, 0.6) is 5.75 Å². The largest absolute Gasteiger partial charge is 0.506 e. The Bertz CT molecular complexity index is 455. The van der Waals surface area contributed by atoms with Crippen molar-refractivity contribution in [3.63, 3.8) is 0 Å². The number of phenols is 1. The van der Waals surface area contributed by atoms with E-state index in [1.807, 2.05) is 0 Å². The minimum atomic E-state index is -1.12. The van der Waals surface area contributed by atoms with Gasteiger partial charge in [-0.15, -0.1) is 0 Å². The van der Waals surface area contributed by atoms with Crippen LogP contribution in [-0.2, 0) is 10.2 Å². The number of carbonyl (C=O) groups is 1. The van der Waals surface area contributed by atoms with Gasteiger partial charge in [-0.2, -0.15) is 0 Å². The number of carboxylic acid groups (broad SMARTS) is 1. The third-order valence-corrected chi connectivity index (χ3v) is 3.76. The summed E-state index contributed by atoms with van der Waals surface area (Å²) in [7, 11) is 0. The van der Waals surface area contributed by atoms with E-state index in [2.05, 4.69) is 15.9 Å². The van der Waals surface area contributed by atoms with E-state index in [9.17, 15) is 19.4 Å². The van der Waals surface area contributed by atoms with Crippen LogP contribution in [0, 0.1) is 5.82 Å². The quantitative estimate of drug-likeness (QED) is 0.880. The Kier molecular flexibility index (Phi) is 2.66. The Hall–Kier alpha value is -1.10. The molecule has 1 aliphatic carbocycles. The first kappa shape index (κ1) is 11.4. The van der Waals surface area contributed by atoms with Crippen molar-refractivity contribution in [2.75, 3.05) is 0 Å². The van der Waals surface area contributed by atoms with E-state index in [1.165, 1.54) is 0 Å². The SMILES string of the molecule is O=C(O)C1(c2cc(F)cc(Br)c2O)CCC1. The predicted molar refractivity (Wildman–Crippen MR) is 58.9 cm³/mol. The standard InChI is InChI=1S/C11H10BrFO3/c12-8-5-6(13)4-7(9(8)14)11(10(15)16)2-1-3-11/h4-5,14H,1-3H2,(H,15,16). The van der Waals surface area contributed by atoms with Gasteiger partial charge >= 0.3 is 5.97 Å². The second-order valence-electron chi connectivity index (χ2n) is 4.02. The Morgan fingerprint density at radius 1 is 1.44 bits per heavy atom. The summed E-state index contributed by atoms with van der Waals surface area (Å²) in [6, 6.07) is 2.22. The summed E-state index contributed by atoms with van der Waals surface area (Å²) in [4.78, 5) is 11.2. The number of benzene rings is 1. The molecule has 0 bridgehead atoms. The van der Waals surface area contributed by atoms with E-state index in [0.717, 1.165) is 18.6 Å². The van der Waals surface area contributed by atoms with Crippen LogP contribution in [0.25, 0.3) is 0 Å². The van der Waals surface area contributed by atoms with Gasteiger partial charge in [0.15, 0.2) is 0 Å². The maximum atomic E-state index is 13.2. The lowest BCUT2D eigenvalue weighted by molar-refractivity contribution is -0.147. The van der Waals surface area contributed by atoms with Gasteiger partial charge in [-0.1, -0.05) is 6.42 Å². The molecule has 2 N–H and O–H groups in total. The van der Waals surface area contributed by atoms with Gasteiger partial charge in [0.25, 0.3) is 0 Å². The zero-order valence-corrected chi connectivity index (χ0v) is 9.92. The van der Waals surface area contributed by atoms with Gasteiger partial charge in [0.1, 0.15) is 11.6 Å². The summed E-state index contributed by atoms with van der Waals surface area (Å²) < 4.78 is 13.4. The molecule has 0 saturated heterocycles.